The predicted molar refractivity (Wildman–Crippen MR) is 76.4 cm³/mol. The van der Waals surface area contributed by atoms with E-state index >= 15 is 0 Å². The standard InChI is InChI=1S/C17H24O4/c1-8-4-11-5-12-9(2)10(3)14(17(12)7-21-17)16(11,6-18)15(20)13(8)19/h4,9-12,14-15,18,20H,5-7H2,1-3H3/t9-,10+,11+,12?,14-,15?,16?,17+/m1/s1. The summed E-state index contributed by atoms with van der Waals surface area (Å²) in [5.74, 6) is 1.25. The molecule has 4 heteroatoms. The Bertz CT molecular complexity index is 535. The predicted octanol–water partition coefficient (Wildman–Crippen LogP) is 1.16. The second kappa shape index (κ2) is 3.98. The highest BCUT2D eigenvalue weighted by molar-refractivity contribution is 6.00. The maximum Gasteiger partial charge on any atom is 0.187 e. The van der Waals surface area contributed by atoms with Crippen molar-refractivity contribution in [2.24, 2.45) is 35.0 Å². The fourth-order valence-electron chi connectivity index (χ4n) is 6.09. The van der Waals surface area contributed by atoms with Crippen LogP contribution in [0.1, 0.15) is 27.2 Å². The van der Waals surface area contributed by atoms with Crippen LogP contribution < -0.4 is 0 Å². The number of carbonyl (C=O) groups excluding carboxylic acids is 1. The Kier molecular flexibility index (Phi) is 2.63. The number of hydrogen-bond donors (Lipinski definition) is 2. The molecule has 3 aliphatic carbocycles. The van der Waals surface area contributed by atoms with E-state index in [1.165, 1.54) is 0 Å². The van der Waals surface area contributed by atoms with Crippen LogP contribution in [0.3, 0.4) is 0 Å². The molecule has 3 fully saturated rings. The number of rotatable bonds is 1. The van der Waals surface area contributed by atoms with Crippen LogP contribution in [0.4, 0.5) is 0 Å². The topological polar surface area (TPSA) is 70.1 Å². The number of epoxide rings is 1. The largest absolute Gasteiger partial charge is 0.396 e. The summed E-state index contributed by atoms with van der Waals surface area (Å²) in [6.07, 6.45) is 1.81. The Hall–Kier alpha value is -0.710. The molecule has 1 heterocycles. The fourth-order valence-corrected chi connectivity index (χ4v) is 6.09. The lowest BCUT2D eigenvalue weighted by molar-refractivity contribution is -0.161. The van der Waals surface area contributed by atoms with Crippen molar-refractivity contribution < 1.29 is 19.7 Å². The normalized spacial score (nSPS) is 58.1. The lowest BCUT2D eigenvalue weighted by atomic mass is 9.50. The third-order valence-corrected chi connectivity index (χ3v) is 7.27. The summed E-state index contributed by atoms with van der Waals surface area (Å²) in [6.45, 7) is 6.80. The first-order chi connectivity index (χ1) is 9.90. The van der Waals surface area contributed by atoms with E-state index in [0.717, 1.165) is 13.0 Å². The van der Waals surface area contributed by atoms with E-state index in [1.807, 2.05) is 6.08 Å². The molecule has 4 rings (SSSR count). The van der Waals surface area contributed by atoms with Gasteiger partial charge in [-0.25, -0.2) is 0 Å². The lowest BCUT2D eigenvalue weighted by Gasteiger charge is -2.54. The Morgan fingerprint density at radius 1 is 1.38 bits per heavy atom. The van der Waals surface area contributed by atoms with Gasteiger partial charge in [-0.15, -0.1) is 0 Å². The molecular formula is C17H24O4. The second-order valence-electron chi connectivity index (χ2n) is 7.78. The molecule has 0 amide bonds. The molecule has 4 aliphatic rings. The van der Waals surface area contributed by atoms with Crippen LogP contribution in [0.5, 0.6) is 0 Å². The van der Waals surface area contributed by atoms with E-state index in [1.54, 1.807) is 6.92 Å². The van der Waals surface area contributed by atoms with Crippen molar-refractivity contribution in [2.75, 3.05) is 13.2 Å². The van der Waals surface area contributed by atoms with E-state index in [0.29, 0.717) is 23.3 Å². The van der Waals surface area contributed by atoms with E-state index in [-0.39, 0.29) is 29.8 Å². The average Bonchev–Trinajstić information content (AvgIpc) is 3.22. The third kappa shape index (κ3) is 1.35. The Labute approximate surface area is 125 Å². The molecule has 0 radical (unpaired) electrons. The molecule has 21 heavy (non-hydrogen) atoms. The number of ether oxygens (including phenoxy) is 1. The molecule has 2 saturated carbocycles. The van der Waals surface area contributed by atoms with E-state index in [2.05, 4.69) is 13.8 Å². The van der Waals surface area contributed by atoms with Gasteiger partial charge in [0.05, 0.1) is 18.8 Å². The number of carbonyl (C=O) groups is 1. The van der Waals surface area contributed by atoms with Crippen LogP contribution in [-0.4, -0.2) is 40.9 Å². The summed E-state index contributed by atoms with van der Waals surface area (Å²) in [5, 5.41) is 21.0. The van der Waals surface area contributed by atoms with Crippen molar-refractivity contribution in [1.29, 1.82) is 0 Å². The minimum atomic E-state index is -1.10. The van der Waals surface area contributed by atoms with Gasteiger partial charge in [-0.3, -0.25) is 4.79 Å². The molecule has 3 unspecified atom stereocenters. The van der Waals surface area contributed by atoms with Crippen molar-refractivity contribution in [3.8, 4) is 0 Å². The number of ketones is 1. The molecule has 8 atom stereocenters. The zero-order valence-electron chi connectivity index (χ0n) is 12.9. The smallest absolute Gasteiger partial charge is 0.187 e. The first-order valence-corrected chi connectivity index (χ1v) is 8.05. The van der Waals surface area contributed by atoms with Gasteiger partial charge >= 0.3 is 0 Å². The summed E-state index contributed by atoms with van der Waals surface area (Å²) in [4.78, 5) is 12.4. The van der Waals surface area contributed by atoms with Crippen molar-refractivity contribution in [3.05, 3.63) is 11.6 Å². The van der Waals surface area contributed by atoms with Crippen LogP contribution in [0.25, 0.3) is 0 Å². The summed E-state index contributed by atoms with van der Waals surface area (Å²) in [5.41, 5.74) is -0.310. The molecule has 0 aromatic carbocycles. The summed E-state index contributed by atoms with van der Waals surface area (Å²) < 4.78 is 5.90. The minimum absolute atomic E-state index is 0.0667. The highest BCUT2D eigenvalue weighted by Crippen LogP contribution is 2.71. The maximum atomic E-state index is 12.4. The number of aliphatic hydroxyl groups excluding tert-OH is 2. The van der Waals surface area contributed by atoms with E-state index in [4.69, 9.17) is 4.74 Å². The van der Waals surface area contributed by atoms with Gasteiger partial charge in [0.2, 0.25) is 0 Å². The SMILES string of the molecule is CC1=C[C@H]2CC3[C@H](C)[C@H](C)[C@H](C2(CO)C(O)C1=O)[C@]31CO1. The highest BCUT2D eigenvalue weighted by atomic mass is 16.6. The van der Waals surface area contributed by atoms with Gasteiger partial charge in [0.1, 0.15) is 6.10 Å². The van der Waals surface area contributed by atoms with Crippen LogP contribution in [0, 0.1) is 35.0 Å². The van der Waals surface area contributed by atoms with Crippen LogP contribution in [-0.2, 0) is 9.53 Å². The van der Waals surface area contributed by atoms with Gasteiger partial charge in [-0.2, -0.15) is 0 Å². The van der Waals surface area contributed by atoms with Gasteiger partial charge in [0.25, 0.3) is 0 Å². The van der Waals surface area contributed by atoms with Gasteiger partial charge in [-0.05, 0) is 42.6 Å². The monoisotopic (exact) mass is 292 g/mol. The lowest BCUT2D eigenvalue weighted by Crippen LogP contribution is -2.62. The maximum absolute atomic E-state index is 12.4. The molecule has 1 aliphatic heterocycles. The number of aliphatic hydroxyl groups is 2. The minimum Gasteiger partial charge on any atom is -0.396 e. The Morgan fingerprint density at radius 3 is 2.62 bits per heavy atom. The Balaban J connectivity index is 1.91. The fraction of sp³-hybridized carbons (Fsp3) is 0.824. The molecular weight excluding hydrogens is 268 g/mol. The number of fused-ring (bicyclic) bond motifs is 2. The molecule has 1 spiro atoms. The van der Waals surface area contributed by atoms with Crippen molar-refractivity contribution >= 4 is 5.78 Å². The number of Topliss-reactive ketones (excluding diaryl/α,β-unsaturated/α-hetero) is 1. The van der Waals surface area contributed by atoms with Crippen molar-refractivity contribution in [3.63, 3.8) is 0 Å². The average molecular weight is 292 g/mol. The van der Waals surface area contributed by atoms with Gasteiger partial charge < -0.3 is 14.9 Å². The number of allylic oxidation sites excluding steroid dienone is 1. The highest BCUT2D eigenvalue weighted by Gasteiger charge is 2.77. The Morgan fingerprint density at radius 2 is 2.05 bits per heavy atom. The van der Waals surface area contributed by atoms with Crippen LogP contribution >= 0.6 is 0 Å². The number of hydrogen-bond acceptors (Lipinski definition) is 4. The zero-order valence-corrected chi connectivity index (χ0v) is 12.9. The van der Waals surface area contributed by atoms with Gasteiger partial charge in [-0.1, -0.05) is 19.9 Å². The zero-order chi connectivity index (χ0) is 15.2. The van der Waals surface area contributed by atoms with Crippen molar-refractivity contribution in [2.45, 2.75) is 38.9 Å². The van der Waals surface area contributed by atoms with Gasteiger partial charge in [0.15, 0.2) is 5.78 Å². The molecule has 2 N–H and O–H groups in total. The third-order valence-electron chi connectivity index (χ3n) is 7.27. The molecule has 0 aromatic heterocycles. The summed E-state index contributed by atoms with van der Waals surface area (Å²) >= 11 is 0. The van der Waals surface area contributed by atoms with Crippen molar-refractivity contribution in [1.82, 2.24) is 0 Å². The first kappa shape index (κ1) is 13.9. The quantitative estimate of drug-likeness (QED) is 0.712. The summed E-state index contributed by atoms with van der Waals surface area (Å²) in [7, 11) is 0. The first-order valence-electron chi connectivity index (χ1n) is 8.05. The van der Waals surface area contributed by atoms with E-state index < -0.39 is 11.5 Å². The molecule has 1 saturated heterocycles. The van der Waals surface area contributed by atoms with Crippen LogP contribution in [0.15, 0.2) is 11.6 Å². The summed E-state index contributed by atoms with van der Waals surface area (Å²) in [6, 6.07) is 0. The van der Waals surface area contributed by atoms with E-state index in [9.17, 15) is 15.0 Å². The molecule has 2 bridgehead atoms. The van der Waals surface area contributed by atoms with Gasteiger partial charge in [0, 0.05) is 11.3 Å². The second-order valence-corrected chi connectivity index (χ2v) is 7.78. The van der Waals surface area contributed by atoms with Crippen LogP contribution in [0.2, 0.25) is 0 Å². The molecule has 116 valence electrons. The molecule has 4 nitrogen and oxygen atoms in total. The molecule has 0 aromatic rings.